The van der Waals surface area contributed by atoms with Gasteiger partial charge in [0.2, 0.25) is 0 Å². The van der Waals surface area contributed by atoms with E-state index in [1.165, 1.54) is 17.8 Å². The quantitative estimate of drug-likeness (QED) is 0.350. The fourth-order valence-electron chi connectivity index (χ4n) is 1.03. The second kappa shape index (κ2) is 6.47. The topological polar surface area (TPSA) is 43.1 Å². The minimum absolute atomic E-state index is 0.148. The van der Waals surface area contributed by atoms with E-state index in [-0.39, 0.29) is 10.6 Å². The number of benzene rings is 1. The van der Waals surface area contributed by atoms with Crippen molar-refractivity contribution in [2.24, 2.45) is 5.92 Å². The Morgan fingerprint density at radius 3 is 2.88 bits per heavy atom. The molecule has 1 aromatic rings. The molecule has 88 valence electrons. The van der Waals surface area contributed by atoms with Crippen molar-refractivity contribution < 1.29 is 4.92 Å². The highest BCUT2D eigenvalue weighted by Gasteiger charge is 2.15. The Bertz CT molecular complexity index is 389. The summed E-state index contributed by atoms with van der Waals surface area (Å²) in [7, 11) is 0. The second-order valence-electron chi connectivity index (χ2n) is 3.44. The smallest absolute Gasteiger partial charge is 0.258 e. The van der Waals surface area contributed by atoms with E-state index in [9.17, 15) is 10.1 Å². The molecule has 1 rings (SSSR count). The molecule has 3 nitrogen and oxygen atoms in total. The molecule has 0 saturated carbocycles. The normalized spacial score (nSPS) is 12.4. The van der Waals surface area contributed by atoms with Gasteiger partial charge in [-0.2, -0.15) is 0 Å². The third kappa shape index (κ3) is 3.96. The second-order valence-corrected chi connectivity index (χ2v) is 5.73. The number of nitrogens with zero attached hydrogens (tertiary/aromatic N) is 1. The summed E-state index contributed by atoms with van der Waals surface area (Å²) in [5.74, 6) is 1.68. The number of halogens is 2. The number of alkyl halides is 1. The zero-order chi connectivity index (χ0) is 12.1. The van der Waals surface area contributed by atoms with Gasteiger partial charge in [-0.05, 0) is 18.1 Å². The van der Waals surface area contributed by atoms with E-state index in [2.05, 4.69) is 15.9 Å². The molecule has 0 bridgehead atoms. The van der Waals surface area contributed by atoms with Gasteiger partial charge in [-0.25, -0.2) is 0 Å². The van der Waals surface area contributed by atoms with Crippen LogP contribution in [-0.4, -0.2) is 16.6 Å². The third-order valence-corrected chi connectivity index (χ3v) is 4.30. The minimum Gasteiger partial charge on any atom is -0.258 e. The Hall–Kier alpha value is -0.260. The van der Waals surface area contributed by atoms with E-state index >= 15 is 0 Å². The number of thioether (sulfide) groups is 1. The molecule has 0 aliphatic heterocycles. The van der Waals surface area contributed by atoms with Gasteiger partial charge >= 0.3 is 0 Å². The van der Waals surface area contributed by atoms with Crippen molar-refractivity contribution in [1.82, 2.24) is 0 Å². The first-order chi connectivity index (χ1) is 7.54. The molecule has 0 aliphatic carbocycles. The van der Waals surface area contributed by atoms with Crippen LogP contribution in [0.25, 0.3) is 0 Å². The Morgan fingerprint density at radius 1 is 1.62 bits per heavy atom. The van der Waals surface area contributed by atoms with Crippen molar-refractivity contribution in [2.45, 2.75) is 11.8 Å². The summed E-state index contributed by atoms with van der Waals surface area (Å²) in [6.45, 7) is 2.02. The Morgan fingerprint density at radius 2 is 2.31 bits per heavy atom. The molecule has 0 saturated heterocycles. The summed E-state index contributed by atoms with van der Waals surface area (Å²) in [6, 6.07) is 4.95. The number of hydrogen-bond acceptors (Lipinski definition) is 3. The summed E-state index contributed by atoms with van der Waals surface area (Å²) in [6.07, 6.45) is 0. The van der Waals surface area contributed by atoms with E-state index in [1.54, 1.807) is 12.1 Å². The zero-order valence-corrected chi connectivity index (χ0v) is 11.8. The molecule has 1 unspecified atom stereocenters. The first-order valence-corrected chi connectivity index (χ1v) is 6.98. The number of hydrogen-bond donors (Lipinski definition) is 0. The number of nitro groups is 1. The lowest BCUT2D eigenvalue weighted by Gasteiger charge is -2.07. The Balaban J connectivity index is 2.84. The molecule has 16 heavy (non-hydrogen) atoms. The molecule has 0 aliphatic rings. The van der Waals surface area contributed by atoms with Crippen LogP contribution in [0, 0.1) is 16.0 Å². The molecule has 1 atom stereocenters. The number of rotatable bonds is 5. The highest BCUT2D eigenvalue weighted by atomic mass is 79.9. The monoisotopic (exact) mass is 323 g/mol. The molecule has 0 radical (unpaired) electrons. The largest absolute Gasteiger partial charge is 0.282 e. The van der Waals surface area contributed by atoms with E-state index in [0.29, 0.717) is 16.7 Å². The van der Waals surface area contributed by atoms with Gasteiger partial charge in [-0.3, -0.25) is 10.1 Å². The van der Waals surface area contributed by atoms with Gasteiger partial charge in [0.15, 0.2) is 0 Å². The molecule has 0 spiro atoms. The highest BCUT2D eigenvalue weighted by Crippen LogP contribution is 2.32. The maximum atomic E-state index is 10.8. The molecule has 0 N–H and O–H groups in total. The van der Waals surface area contributed by atoms with Crippen molar-refractivity contribution >= 4 is 45.0 Å². The van der Waals surface area contributed by atoms with Crippen molar-refractivity contribution in [1.29, 1.82) is 0 Å². The van der Waals surface area contributed by atoms with Gasteiger partial charge in [-0.15, -0.1) is 23.4 Å². The summed E-state index contributed by atoms with van der Waals surface area (Å²) < 4.78 is 0.846. The van der Waals surface area contributed by atoms with Crippen LogP contribution in [0.5, 0.6) is 0 Å². The van der Waals surface area contributed by atoms with Crippen LogP contribution in [-0.2, 0) is 0 Å². The van der Waals surface area contributed by atoms with E-state index in [0.717, 1.165) is 10.2 Å². The SMILES string of the molecule is CC(CCl)CSc1cc(Br)ccc1[N+](=O)[O-]. The van der Waals surface area contributed by atoms with Crippen LogP contribution in [0.4, 0.5) is 5.69 Å². The molecule has 0 heterocycles. The summed E-state index contributed by atoms with van der Waals surface area (Å²) in [4.78, 5) is 11.1. The van der Waals surface area contributed by atoms with E-state index < -0.39 is 0 Å². The fourth-order valence-corrected chi connectivity index (χ4v) is 2.86. The molecule has 1 aromatic carbocycles. The average molecular weight is 325 g/mol. The molecule has 0 aromatic heterocycles. The van der Waals surface area contributed by atoms with Crippen LogP contribution < -0.4 is 0 Å². The molecule has 0 amide bonds. The maximum Gasteiger partial charge on any atom is 0.282 e. The van der Waals surface area contributed by atoms with Gasteiger partial charge < -0.3 is 0 Å². The summed E-state index contributed by atoms with van der Waals surface area (Å²) in [5.41, 5.74) is 0.148. The third-order valence-electron chi connectivity index (χ3n) is 1.91. The van der Waals surface area contributed by atoms with Gasteiger partial charge in [0.05, 0.1) is 9.82 Å². The lowest BCUT2D eigenvalue weighted by molar-refractivity contribution is -0.387. The van der Waals surface area contributed by atoms with Crippen molar-refractivity contribution in [2.75, 3.05) is 11.6 Å². The Kier molecular flexibility index (Phi) is 5.58. The maximum absolute atomic E-state index is 10.8. The molecule has 6 heteroatoms. The van der Waals surface area contributed by atoms with Crippen molar-refractivity contribution in [3.8, 4) is 0 Å². The van der Waals surface area contributed by atoms with E-state index in [1.807, 2.05) is 6.92 Å². The van der Waals surface area contributed by atoms with Crippen LogP contribution >= 0.6 is 39.3 Å². The van der Waals surface area contributed by atoms with Crippen molar-refractivity contribution in [3.05, 3.63) is 32.8 Å². The lowest BCUT2D eigenvalue weighted by atomic mass is 10.3. The van der Waals surface area contributed by atoms with Crippen LogP contribution in [0.15, 0.2) is 27.6 Å². The van der Waals surface area contributed by atoms with Crippen LogP contribution in [0.3, 0.4) is 0 Å². The van der Waals surface area contributed by atoms with Gasteiger partial charge in [0.1, 0.15) is 0 Å². The predicted octanol–water partition coefficient (Wildman–Crippen LogP) is 4.32. The van der Waals surface area contributed by atoms with E-state index in [4.69, 9.17) is 11.6 Å². The van der Waals surface area contributed by atoms with Crippen LogP contribution in [0.2, 0.25) is 0 Å². The Labute approximate surface area is 112 Å². The highest BCUT2D eigenvalue weighted by molar-refractivity contribution is 9.10. The average Bonchev–Trinajstić information content (AvgIpc) is 2.25. The molecular weight excluding hydrogens is 314 g/mol. The summed E-state index contributed by atoms with van der Waals surface area (Å²) in [5, 5.41) is 10.8. The predicted molar refractivity (Wildman–Crippen MR) is 71.4 cm³/mol. The zero-order valence-electron chi connectivity index (χ0n) is 8.65. The number of nitro benzene ring substituents is 1. The standard InChI is InChI=1S/C10H11BrClNO2S/c1-7(5-12)6-16-10-4-8(11)2-3-9(10)13(14)15/h2-4,7H,5-6H2,1H3. The lowest BCUT2D eigenvalue weighted by Crippen LogP contribution is -2.00. The first-order valence-electron chi connectivity index (χ1n) is 4.67. The fraction of sp³-hybridized carbons (Fsp3) is 0.400. The summed E-state index contributed by atoms with van der Waals surface area (Å²) >= 11 is 10.5. The van der Waals surface area contributed by atoms with Gasteiger partial charge in [0, 0.05) is 22.2 Å². The van der Waals surface area contributed by atoms with Gasteiger partial charge in [0.25, 0.3) is 5.69 Å². The van der Waals surface area contributed by atoms with Crippen molar-refractivity contribution in [3.63, 3.8) is 0 Å². The molecular formula is C10H11BrClNO2S. The van der Waals surface area contributed by atoms with Crippen LogP contribution in [0.1, 0.15) is 6.92 Å². The minimum atomic E-state index is -0.361. The first kappa shape index (κ1) is 13.8. The molecule has 0 fully saturated rings. The van der Waals surface area contributed by atoms with Gasteiger partial charge in [-0.1, -0.05) is 22.9 Å².